The maximum atomic E-state index is 12.9. The molecular formula is C23H31BrO5. The van der Waals surface area contributed by atoms with Gasteiger partial charge in [0.25, 0.3) is 0 Å². The van der Waals surface area contributed by atoms with Gasteiger partial charge < -0.3 is 14.6 Å². The molecule has 1 saturated heterocycles. The summed E-state index contributed by atoms with van der Waals surface area (Å²) >= 11 is 3.39. The molecular weight excluding hydrogens is 436 g/mol. The minimum absolute atomic E-state index is 0.227. The lowest BCUT2D eigenvalue weighted by atomic mass is 9.72. The summed E-state index contributed by atoms with van der Waals surface area (Å²) in [6, 6.07) is 7.15. The Morgan fingerprint density at radius 1 is 1.10 bits per heavy atom. The van der Waals surface area contributed by atoms with E-state index in [2.05, 4.69) is 15.9 Å². The van der Waals surface area contributed by atoms with Gasteiger partial charge in [-0.2, -0.15) is 0 Å². The van der Waals surface area contributed by atoms with Crippen LogP contribution >= 0.6 is 15.9 Å². The van der Waals surface area contributed by atoms with Crippen molar-refractivity contribution in [1.29, 1.82) is 0 Å². The predicted molar refractivity (Wildman–Crippen MR) is 114 cm³/mol. The SMILES string of the molecule is CC1(C)O[C@](C)([C@@H](OC(=O)c2ccc(Br)cc2)C2CCCCC2)CC[C@@H]1C(=O)O. The van der Waals surface area contributed by atoms with Crippen LogP contribution in [0.25, 0.3) is 0 Å². The number of aliphatic carboxylic acids is 1. The second-order valence-corrected chi connectivity index (χ2v) is 10.1. The topological polar surface area (TPSA) is 72.8 Å². The Morgan fingerprint density at radius 2 is 1.72 bits per heavy atom. The predicted octanol–water partition coefficient (Wildman–Crippen LogP) is 5.60. The van der Waals surface area contributed by atoms with Crippen LogP contribution < -0.4 is 0 Å². The molecule has 0 spiro atoms. The zero-order valence-electron chi connectivity index (χ0n) is 17.4. The summed E-state index contributed by atoms with van der Waals surface area (Å²) in [7, 11) is 0. The number of benzene rings is 1. The molecule has 2 fully saturated rings. The molecule has 1 aromatic rings. The fraction of sp³-hybridized carbons (Fsp3) is 0.652. The molecule has 0 aromatic heterocycles. The van der Waals surface area contributed by atoms with Gasteiger partial charge >= 0.3 is 11.9 Å². The standard InChI is InChI=1S/C23H31BrO5/c1-22(2)18(20(25)26)13-14-23(3,29-22)19(15-7-5-4-6-8-15)28-21(27)16-9-11-17(24)12-10-16/h9-12,15,18-19H,4-8,13-14H2,1-3H3,(H,25,26)/t18-,19+,23+/m1/s1. The smallest absolute Gasteiger partial charge is 0.338 e. The number of esters is 1. The van der Waals surface area contributed by atoms with Crippen LogP contribution in [0.2, 0.25) is 0 Å². The van der Waals surface area contributed by atoms with E-state index in [1.165, 1.54) is 6.42 Å². The van der Waals surface area contributed by atoms with Crippen LogP contribution in [0.4, 0.5) is 0 Å². The van der Waals surface area contributed by atoms with Crippen molar-refractivity contribution in [2.24, 2.45) is 11.8 Å². The lowest BCUT2D eigenvalue weighted by molar-refractivity contribution is -0.241. The monoisotopic (exact) mass is 466 g/mol. The summed E-state index contributed by atoms with van der Waals surface area (Å²) in [6.07, 6.45) is 6.12. The number of hydrogen-bond acceptors (Lipinski definition) is 4. The molecule has 3 atom stereocenters. The van der Waals surface area contributed by atoms with Gasteiger partial charge in [0.05, 0.1) is 17.1 Å². The summed E-state index contributed by atoms with van der Waals surface area (Å²) in [5.74, 6) is -1.52. The average Bonchev–Trinajstić information content (AvgIpc) is 2.66. The lowest BCUT2D eigenvalue weighted by Gasteiger charge is -2.51. The van der Waals surface area contributed by atoms with Crippen molar-refractivity contribution in [3.63, 3.8) is 0 Å². The van der Waals surface area contributed by atoms with Gasteiger partial charge in [-0.15, -0.1) is 0 Å². The molecule has 1 aliphatic heterocycles. The van der Waals surface area contributed by atoms with Crippen molar-refractivity contribution >= 4 is 27.9 Å². The number of carboxylic acid groups (broad SMARTS) is 1. The van der Waals surface area contributed by atoms with Crippen LogP contribution in [0.15, 0.2) is 28.7 Å². The van der Waals surface area contributed by atoms with Crippen molar-refractivity contribution in [1.82, 2.24) is 0 Å². The Kier molecular flexibility index (Phi) is 6.74. The molecule has 5 nitrogen and oxygen atoms in total. The van der Waals surface area contributed by atoms with E-state index in [0.717, 1.165) is 30.2 Å². The minimum Gasteiger partial charge on any atom is -0.481 e. The third-order valence-corrected chi connectivity index (χ3v) is 7.09. The Bertz CT molecular complexity index is 738. The molecule has 160 valence electrons. The number of carbonyl (C=O) groups excluding carboxylic acids is 1. The van der Waals surface area contributed by atoms with Crippen LogP contribution in [-0.2, 0) is 14.3 Å². The second-order valence-electron chi connectivity index (χ2n) is 9.18. The molecule has 3 rings (SSSR count). The Hall–Kier alpha value is -1.40. The summed E-state index contributed by atoms with van der Waals surface area (Å²) in [5, 5.41) is 9.58. The van der Waals surface area contributed by atoms with Crippen LogP contribution in [0, 0.1) is 11.8 Å². The highest BCUT2D eigenvalue weighted by molar-refractivity contribution is 9.10. The molecule has 1 heterocycles. The molecule has 0 bridgehead atoms. The van der Waals surface area contributed by atoms with Crippen molar-refractivity contribution in [3.05, 3.63) is 34.3 Å². The highest BCUT2D eigenvalue weighted by atomic mass is 79.9. The zero-order chi connectivity index (χ0) is 21.2. The van der Waals surface area contributed by atoms with E-state index in [1.807, 2.05) is 32.9 Å². The maximum Gasteiger partial charge on any atom is 0.338 e. The van der Waals surface area contributed by atoms with Crippen molar-refractivity contribution in [2.45, 2.75) is 83.0 Å². The third kappa shape index (κ3) is 5.02. The lowest BCUT2D eigenvalue weighted by Crippen LogP contribution is -2.59. The van der Waals surface area contributed by atoms with E-state index < -0.39 is 29.2 Å². The summed E-state index contributed by atoms with van der Waals surface area (Å²) < 4.78 is 13.5. The summed E-state index contributed by atoms with van der Waals surface area (Å²) in [4.78, 5) is 24.6. The van der Waals surface area contributed by atoms with E-state index in [0.29, 0.717) is 18.4 Å². The van der Waals surface area contributed by atoms with Gasteiger partial charge in [-0.05, 0) is 76.6 Å². The molecule has 1 aliphatic carbocycles. The van der Waals surface area contributed by atoms with Gasteiger partial charge in [-0.3, -0.25) is 4.79 Å². The molecule has 0 unspecified atom stereocenters. The fourth-order valence-corrected chi connectivity index (χ4v) is 5.31. The maximum absolute atomic E-state index is 12.9. The molecule has 1 aromatic carbocycles. The van der Waals surface area contributed by atoms with Crippen LogP contribution in [0.5, 0.6) is 0 Å². The summed E-state index contributed by atoms with van der Waals surface area (Å²) in [5.41, 5.74) is -1.02. The quantitative estimate of drug-likeness (QED) is 0.571. The number of rotatable bonds is 5. The minimum atomic E-state index is -0.835. The number of hydrogen-bond donors (Lipinski definition) is 1. The fourth-order valence-electron chi connectivity index (χ4n) is 5.05. The van der Waals surface area contributed by atoms with E-state index in [9.17, 15) is 14.7 Å². The van der Waals surface area contributed by atoms with Crippen molar-refractivity contribution in [2.75, 3.05) is 0 Å². The second kappa shape index (κ2) is 8.76. The molecule has 1 saturated carbocycles. The van der Waals surface area contributed by atoms with E-state index in [4.69, 9.17) is 9.47 Å². The molecule has 29 heavy (non-hydrogen) atoms. The average molecular weight is 467 g/mol. The molecule has 0 amide bonds. The van der Waals surface area contributed by atoms with Crippen molar-refractivity contribution < 1.29 is 24.2 Å². The van der Waals surface area contributed by atoms with E-state index in [1.54, 1.807) is 12.1 Å². The highest BCUT2D eigenvalue weighted by Crippen LogP contribution is 2.45. The van der Waals surface area contributed by atoms with Gasteiger partial charge in [0.1, 0.15) is 11.7 Å². The number of halogens is 1. The molecule has 2 aliphatic rings. The third-order valence-electron chi connectivity index (χ3n) is 6.56. The summed E-state index contributed by atoms with van der Waals surface area (Å²) in [6.45, 7) is 5.65. The number of carbonyl (C=O) groups is 2. The van der Waals surface area contributed by atoms with Gasteiger partial charge in [0.2, 0.25) is 0 Å². The van der Waals surface area contributed by atoms with Crippen LogP contribution in [0.1, 0.15) is 76.1 Å². The largest absolute Gasteiger partial charge is 0.481 e. The molecule has 6 heteroatoms. The van der Waals surface area contributed by atoms with E-state index >= 15 is 0 Å². The first-order valence-electron chi connectivity index (χ1n) is 10.5. The molecule has 0 radical (unpaired) electrons. The first kappa shape index (κ1) is 22.3. The Morgan fingerprint density at radius 3 is 2.28 bits per heavy atom. The van der Waals surface area contributed by atoms with Crippen LogP contribution in [0.3, 0.4) is 0 Å². The first-order chi connectivity index (χ1) is 13.6. The Labute approximate surface area is 181 Å². The highest BCUT2D eigenvalue weighted by Gasteiger charge is 2.53. The van der Waals surface area contributed by atoms with Crippen molar-refractivity contribution in [3.8, 4) is 0 Å². The van der Waals surface area contributed by atoms with Crippen LogP contribution in [-0.4, -0.2) is 34.4 Å². The first-order valence-corrected chi connectivity index (χ1v) is 11.3. The van der Waals surface area contributed by atoms with Gasteiger partial charge in [-0.1, -0.05) is 35.2 Å². The molecule has 1 N–H and O–H groups in total. The zero-order valence-corrected chi connectivity index (χ0v) is 19.0. The normalized spacial score (nSPS) is 28.5. The van der Waals surface area contributed by atoms with Gasteiger partial charge in [0, 0.05) is 4.47 Å². The number of ether oxygens (including phenoxy) is 2. The van der Waals surface area contributed by atoms with Gasteiger partial charge in [-0.25, -0.2) is 4.79 Å². The van der Waals surface area contributed by atoms with E-state index in [-0.39, 0.29) is 11.9 Å². The number of carboxylic acids is 1. The van der Waals surface area contributed by atoms with Gasteiger partial charge in [0.15, 0.2) is 0 Å². The Balaban J connectivity index is 1.86.